The van der Waals surface area contributed by atoms with E-state index in [-0.39, 0.29) is 11.5 Å². The van der Waals surface area contributed by atoms with Crippen molar-refractivity contribution in [2.45, 2.75) is 52.5 Å². The Balaban J connectivity index is 2.43. The SMILES string of the molecule is CCC(C)C(N)c1nn2c(C(C)(C)C)nnc2s1. The Morgan fingerprint density at radius 1 is 1.33 bits per heavy atom. The van der Waals surface area contributed by atoms with Gasteiger partial charge in [-0.25, -0.2) is 0 Å². The van der Waals surface area contributed by atoms with Gasteiger partial charge in [-0.05, 0) is 5.92 Å². The van der Waals surface area contributed by atoms with E-state index in [2.05, 4.69) is 49.9 Å². The third-order valence-electron chi connectivity index (χ3n) is 3.22. The van der Waals surface area contributed by atoms with Crippen molar-refractivity contribution in [3.8, 4) is 0 Å². The number of nitrogens with two attached hydrogens (primary N) is 1. The highest BCUT2D eigenvalue weighted by molar-refractivity contribution is 7.16. The standard InChI is InChI=1S/C12H21N5S/c1-6-7(2)8(13)9-16-17-10(12(3,4)5)14-15-11(17)18-9/h7-8H,6,13H2,1-5H3. The highest BCUT2D eigenvalue weighted by atomic mass is 32.1. The van der Waals surface area contributed by atoms with E-state index in [0.717, 1.165) is 22.2 Å². The molecule has 2 aromatic rings. The number of hydrogen-bond donors (Lipinski definition) is 1. The summed E-state index contributed by atoms with van der Waals surface area (Å²) in [7, 11) is 0. The molecule has 5 nitrogen and oxygen atoms in total. The molecule has 2 N–H and O–H groups in total. The van der Waals surface area contributed by atoms with Crippen molar-refractivity contribution in [3.05, 3.63) is 10.8 Å². The first kappa shape index (κ1) is 13.4. The largest absolute Gasteiger partial charge is 0.322 e. The molecule has 0 saturated heterocycles. The van der Waals surface area contributed by atoms with E-state index in [4.69, 9.17) is 5.73 Å². The molecule has 0 aromatic carbocycles. The van der Waals surface area contributed by atoms with Gasteiger partial charge in [0.2, 0.25) is 4.96 Å². The molecule has 0 aliphatic rings. The average molecular weight is 267 g/mol. The quantitative estimate of drug-likeness (QED) is 0.927. The first-order chi connectivity index (χ1) is 8.34. The molecular formula is C12H21N5S. The van der Waals surface area contributed by atoms with Gasteiger partial charge in [-0.15, -0.1) is 10.2 Å². The van der Waals surface area contributed by atoms with Crippen LogP contribution in [0, 0.1) is 5.92 Å². The Labute approximate surface area is 111 Å². The molecule has 0 fully saturated rings. The van der Waals surface area contributed by atoms with Gasteiger partial charge < -0.3 is 5.73 Å². The summed E-state index contributed by atoms with van der Waals surface area (Å²) in [5, 5.41) is 13.9. The molecule has 0 radical (unpaired) electrons. The lowest BCUT2D eigenvalue weighted by molar-refractivity contribution is 0.449. The lowest BCUT2D eigenvalue weighted by Gasteiger charge is -2.15. The fourth-order valence-corrected chi connectivity index (χ4v) is 2.70. The van der Waals surface area contributed by atoms with E-state index in [1.54, 1.807) is 0 Å². The van der Waals surface area contributed by atoms with Crippen LogP contribution in [-0.4, -0.2) is 19.8 Å². The minimum absolute atomic E-state index is 0.0190. The molecule has 0 aliphatic carbocycles. The van der Waals surface area contributed by atoms with Gasteiger partial charge in [-0.1, -0.05) is 52.4 Å². The Morgan fingerprint density at radius 3 is 2.56 bits per heavy atom. The molecule has 0 aliphatic heterocycles. The van der Waals surface area contributed by atoms with Gasteiger partial charge >= 0.3 is 0 Å². The van der Waals surface area contributed by atoms with Crippen LogP contribution in [-0.2, 0) is 5.41 Å². The summed E-state index contributed by atoms with van der Waals surface area (Å²) in [4.78, 5) is 0.827. The second-order valence-electron chi connectivity index (χ2n) is 5.82. The molecular weight excluding hydrogens is 246 g/mol. The summed E-state index contributed by atoms with van der Waals surface area (Å²) < 4.78 is 1.84. The number of fused-ring (bicyclic) bond motifs is 1. The third kappa shape index (κ3) is 2.27. The van der Waals surface area contributed by atoms with Gasteiger partial charge in [0.05, 0.1) is 6.04 Å². The summed E-state index contributed by atoms with van der Waals surface area (Å²) in [5.41, 5.74) is 6.15. The molecule has 2 unspecified atom stereocenters. The highest BCUT2D eigenvalue weighted by Crippen LogP contribution is 2.28. The zero-order valence-corrected chi connectivity index (χ0v) is 12.5. The predicted molar refractivity (Wildman–Crippen MR) is 73.7 cm³/mol. The van der Waals surface area contributed by atoms with Crippen LogP contribution in [0.5, 0.6) is 0 Å². The number of nitrogens with zero attached hydrogens (tertiary/aromatic N) is 4. The molecule has 2 rings (SSSR count). The van der Waals surface area contributed by atoms with Crippen LogP contribution < -0.4 is 5.73 Å². The maximum atomic E-state index is 6.22. The van der Waals surface area contributed by atoms with Gasteiger partial charge in [0.15, 0.2) is 5.82 Å². The van der Waals surface area contributed by atoms with E-state index in [1.165, 1.54) is 11.3 Å². The minimum Gasteiger partial charge on any atom is -0.322 e. The van der Waals surface area contributed by atoms with Crippen LogP contribution in [0.1, 0.15) is 57.9 Å². The summed E-state index contributed by atoms with van der Waals surface area (Å²) in [5.74, 6) is 1.31. The van der Waals surface area contributed by atoms with Crippen molar-refractivity contribution in [2.24, 2.45) is 11.7 Å². The van der Waals surface area contributed by atoms with Gasteiger partial charge in [0.1, 0.15) is 5.01 Å². The second-order valence-corrected chi connectivity index (χ2v) is 6.81. The van der Waals surface area contributed by atoms with Crippen LogP contribution in [0.25, 0.3) is 4.96 Å². The normalized spacial score (nSPS) is 16.1. The van der Waals surface area contributed by atoms with E-state index in [9.17, 15) is 0 Å². The van der Waals surface area contributed by atoms with Crippen LogP contribution in [0.4, 0.5) is 0 Å². The third-order valence-corrected chi connectivity index (χ3v) is 4.22. The zero-order chi connectivity index (χ0) is 13.5. The van der Waals surface area contributed by atoms with Crippen molar-refractivity contribution in [1.82, 2.24) is 19.8 Å². The summed E-state index contributed by atoms with van der Waals surface area (Å²) in [6, 6.07) is -0.0190. The lowest BCUT2D eigenvalue weighted by atomic mass is 9.96. The monoisotopic (exact) mass is 267 g/mol. The minimum atomic E-state index is -0.0643. The summed E-state index contributed by atoms with van der Waals surface area (Å²) in [6.45, 7) is 10.6. The lowest BCUT2D eigenvalue weighted by Crippen LogP contribution is -2.20. The first-order valence-corrected chi connectivity index (χ1v) is 7.14. The van der Waals surface area contributed by atoms with E-state index in [1.807, 2.05) is 4.52 Å². The predicted octanol–water partition coefficient (Wildman–Crippen LogP) is 2.53. The van der Waals surface area contributed by atoms with Gasteiger partial charge in [-0.3, -0.25) is 0 Å². The molecule has 0 amide bonds. The van der Waals surface area contributed by atoms with Crippen molar-refractivity contribution in [1.29, 1.82) is 0 Å². The van der Waals surface area contributed by atoms with Crippen molar-refractivity contribution in [3.63, 3.8) is 0 Å². The van der Waals surface area contributed by atoms with Crippen LogP contribution in [0.3, 0.4) is 0 Å². The van der Waals surface area contributed by atoms with Crippen LogP contribution in [0.2, 0.25) is 0 Å². The fraction of sp³-hybridized carbons (Fsp3) is 0.750. The van der Waals surface area contributed by atoms with Crippen molar-refractivity contribution in [2.75, 3.05) is 0 Å². The molecule has 2 heterocycles. The van der Waals surface area contributed by atoms with Gasteiger partial charge in [-0.2, -0.15) is 9.61 Å². The number of aromatic nitrogens is 4. The van der Waals surface area contributed by atoms with Gasteiger partial charge in [0, 0.05) is 5.41 Å². The topological polar surface area (TPSA) is 69.1 Å². The fourth-order valence-electron chi connectivity index (χ4n) is 1.73. The maximum absolute atomic E-state index is 6.22. The number of rotatable bonds is 3. The van der Waals surface area contributed by atoms with E-state index < -0.39 is 0 Å². The second kappa shape index (κ2) is 4.59. The molecule has 0 bridgehead atoms. The summed E-state index contributed by atoms with van der Waals surface area (Å²) >= 11 is 1.54. The first-order valence-electron chi connectivity index (χ1n) is 6.32. The van der Waals surface area contributed by atoms with E-state index >= 15 is 0 Å². The maximum Gasteiger partial charge on any atom is 0.234 e. The Kier molecular flexibility index (Phi) is 3.42. The molecule has 2 atom stereocenters. The number of hydrogen-bond acceptors (Lipinski definition) is 5. The molecule has 18 heavy (non-hydrogen) atoms. The van der Waals surface area contributed by atoms with Crippen LogP contribution >= 0.6 is 11.3 Å². The molecule has 2 aromatic heterocycles. The average Bonchev–Trinajstić information content (AvgIpc) is 2.84. The molecule has 0 spiro atoms. The molecule has 100 valence electrons. The Bertz CT molecular complexity index is 536. The molecule has 6 heteroatoms. The van der Waals surface area contributed by atoms with Crippen LogP contribution in [0.15, 0.2) is 0 Å². The highest BCUT2D eigenvalue weighted by Gasteiger charge is 2.25. The Hall–Kier alpha value is -1.01. The van der Waals surface area contributed by atoms with Gasteiger partial charge in [0.25, 0.3) is 0 Å². The van der Waals surface area contributed by atoms with E-state index in [0.29, 0.717) is 5.92 Å². The smallest absolute Gasteiger partial charge is 0.234 e. The Morgan fingerprint density at radius 2 is 2.00 bits per heavy atom. The summed E-state index contributed by atoms with van der Waals surface area (Å²) in [6.07, 6.45) is 1.05. The zero-order valence-electron chi connectivity index (χ0n) is 11.6. The molecule has 0 saturated carbocycles. The van der Waals surface area contributed by atoms with Crippen molar-refractivity contribution >= 4 is 16.3 Å². The van der Waals surface area contributed by atoms with Crippen molar-refractivity contribution < 1.29 is 0 Å².